The summed E-state index contributed by atoms with van der Waals surface area (Å²) in [5, 5.41) is 9.40. The maximum atomic E-state index is 9.40. The van der Waals surface area contributed by atoms with E-state index in [1.54, 1.807) is 12.1 Å². The molecule has 0 saturated carbocycles. The summed E-state index contributed by atoms with van der Waals surface area (Å²) in [5.41, 5.74) is 5.18. The van der Waals surface area contributed by atoms with Crippen LogP contribution < -0.4 is 0 Å². The number of hydrogen-bond donors (Lipinski definition) is 1. The highest BCUT2D eigenvalue weighted by Crippen LogP contribution is 2.32. The van der Waals surface area contributed by atoms with Gasteiger partial charge in [0.05, 0.1) is 0 Å². The van der Waals surface area contributed by atoms with Gasteiger partial charge in [0, 0.05) is 0 Å². The lowest BCUT2D eigenvalue weighted by molar-refractivity contribution is 0.475. The van der Waals surface area contributed by atoms with Gasteiger partial charge in [-0.2, -0.15) is 0 Å². The van der Waals surface area contributed by atoms with E-state index in [1.165, 1.54) is 16.7 Å². The molecule has 0 fully saturated rings. The minimum Gasteiger partial charge on any atom is -0.508 e. The second kappa shape index (κ2) is 5.48. The Balaban J connectivity index is 2.53. The van der Waals surface area contributed by atoms with E-state index in [2.05, 4.69) is 45.9 Å². The highest BCUT2D eigenvalue weighted by molar-refractivity contribution is 5.69. The van der Waals surface area contributed by atoms with Gasteiger partial charge in [0.25, 0.3) is 0 Å². The Bertz CT molecular complexity index is 550. The molecule has 1 heteroatoms. The summed E-state index contributed by atoms with van der Waals surface area (Å²) < 4.78 is 0. The van der Waals surface area contributed by atoms with Gasteiger partial charge in [-0.05, 0) is 46.2 Å². The zero-order chi connectivity index (χ0) is 14.0. The van der Waals surface area contributed by atoms with Gasteiger partial charge in [-0.25, -0.2) is 0 Å². The Labute approximate surface area is 115 Å². The molecule has 0 heterocycles. The SMILES string of the molecule is CC(C)c1ccc(-c2ccc(O)cc2)c(C(C)C)c1. The molecule has 2 rings (SSSR count). The van der Waals surface area contributed by atoms with Crippen molar-refractivity contribution in [3.8, 4) is 16.9 Å². The molecule has 19 heavy (non-hydrogen) atoms. The van der Waals surface area contributed by atoms with Crippen molar-refractivity contribution in [2.45, 2.75) is 39.5 Å². The number of benzene rings is 2. The molecule has 0 unspecified atom stereocenters. The molecule has 100 valence electrons. The second-order valence-electron chi connectivity index (χ2n) is 5.70. The first-order chi connectivity index (χ1) is 8.99. The van der Waals surface area contributed by atoms with Crippen LogP contribution in [-0.4, -0.2) is 5.11 Å². The highest BCUT2D eigenvalue weighted by Gasteiger charge is 2.11. The smallest absolute Gasteiger partial charge is 0.115 e. The summed E-state index contributed by atoms with van der Waals surface area (Å²) in [6.07, 6.45) is 0. The number of phenols is 1. The summed E-state index contributed by atoms with van der Waals surface area (Å²) >= 11 is 0. The van der Waals surface area contributed by atoms with Crippen molar-refractivity contribution in [2.75, 3.05) is 0 Å². The molecule has 0 aromatic heterocycles. The summed E-state index contributed by atoms with van der Waals surface area (Å²) in [4.78, 5) is 0. The molecule has 0 spiro atoms. The Kier molecular flexibility index (Phi) is 3.94. The highest BCUT2D eigenvalue weighted by atomic mass is 16.3. The first-order valence-electron chi connectivity index (χ1n) is 6.92. The van der Waals surface area contributed by atoms with Crippen molar-refractivity contribution < 1.29 is 5.11 Å². The number of hydrogen-bond acceptors (Lipinski definition) is 1. The van der Waals surface area contributed by atoms with Gasteiger partial charge in [-0.15, -0.1) is 0 Å². The predicted molar refractivity (Wildman–Crippen MR) is 81.7 cm³/mol. The van der Waals surface area contributed by atoms with Gasteiger partial charge in [-0.3, -0.25) is 0 Å². The van der Waals surface area contributed by atoms with Gasteiger partial charge in [0.2, 0.25) is 0 Å². The molecule has 0 bridgehead atoms. The molecule has 1 nitrogen and oxygen atoms in total. The first-order valence-corrected chi connectivity index (χ1v) is 6.92. The molecular weight excluding hydrogens is 232 g/mol. The molecule has 0 aliphatic rings. The fraction of sp³-hybridized carbons (Fsp3) is 0.333. The Morgan fingerprint density at radius 2 is 1.42 bits per heavy atom. The molecule has 0 aliphatic heterocycles. The van der Waals surface area contributed by atoms with Crippen LogP contribution in [0.4, 0.5) is 0 Å². The average molecular weight is 254 g/mol. The van der Waals surface area contributed by atoms with Crippen molar-refractivity contribution in [2.24, 2.45) is 0 Å². The maximum absolute atomic E-state index is 9.40. The van der Waals surface area contributed by atoms with E-state index >= 15 is 0 Å². The lowest BCUT2D eigenvalue weighted by Crippen LogP contribution is -1.96. The quantitative estimate of drug-likeness (QED) is 0.787. The average Bonchev–Trinajstić information content (AvgIpc) is 2.38. The third kappa shape index (κ3) is 2.98. The number of rotatable bonds is 3. The molecule has 2 aromatic rings. The van der Waals surface area contributed by atoms with Gasteiger partial charge < -0.3 is 5.11 Å². The zero-order valence-corrected chi connectivity index (χ0v) is 12.1. The van der Waals surface area contributed by atoms with Crippen molar-refractivity contribution in [3.05, 3.63) is 53.6 Å². The monoisotopic (exact) mass is 254 g/mol. The largest absolute Gasteiger partial charge is 0.508 e. The van der Waals surface area contributed by atoms with E-state index in [4.69, 9.17) is 0 Å². The molecular formula is C18H22O. The van der Waals surface area contributed by atoms with Crippen molar-refractivity contribution in [1.29, 1.82) is 0 Å². The van der Waals surface area contributed by atoms with Crippen LogP contribution >= 0.6 is 0 Å². The fourth-order valence-corrected chi connectivity index (χ4v) is 2.32. The zero-order valence-electron chi connectivity index (χ0n) is 12.1. The van der Waals surface area contributed by atoms with Crippen molar-refractivity contribution >= 4 is 0 Å². The lowest BCUT2D eigenvalue weighted by atomic mass is 9.88. The molecule has 0 saturated heterocycles. The topological polar surface area (TPSA) is 20.2 Å². The van der Waals surface area contributed by atoms with E-state index in [0.29, 0.717) is 17.6 Å². The van der Waals surface area contributed by atoms with E-state index in [0.717, 1.165) is 5.56 Å². The van der Waals surface area contributed by atoms with Crippen LogP contribution in [-0.2, 0) is 0 Å². The number of aromatic hydroxyl groups is 1. The molecule has 0 aliphatic carbocycles. The summed E-state index contributed by atoms with van der Waals surface area (Å²) in [6, 6.07) is 14.2. The van der Waals surface area contributed by atoms with E-state index < -0.39 is 0 Å². The van der Waals surface area contributed by atoms with Crippen LogP contribution in [0.15, 0.2) is 42.5 Å². The normalized spacial score (nSPS) is 11.3. The lowest BCUT2D eigenvalue weighted by Gasteiger charge is -2.16. The van der Waals surface area contributed by atoms with Gasteiger partial charge >= 0.3 is 0 Å². The maximum Gasteiger partial charge on any atom is 0.115 e. The summed E-state index contributed by atoms with van der Waals surface area (Å²) in [6.45, 7) is 8.89. The Morgan fingerprint density at radius 1 is 0.789 bits per heavy atom. The fourth-order valence-electron chi connectivity index (χ4n) is 2.32. The summed E-state index contributed by atoms with van der Waals surface area (Å²) in [5.74, 6) is 1.35. The van der Waals surface area contributed by atoms with Crippen LogP contribution in [0.5, 0.6) is 5.75 Å². The van der Waals surface area contributed by atoms with Crippen LogP contribution in [0.2, 0.25) is 0 Å². The van der Waals surface area contributed by atoms with Crippen LogP contribution in [0.3, 0.4) is 0 Å². The molecule has 0 atom stereocenters. The van der Waals surface area contributed by atoms with Gasteiger partial charge in [0.1, 0.15) is 5.75 Å². The predicted octanol–water partition coefficient (Wildman–Crippen LogP) is 5.31. The Morgan fingerprint density at radius 3 is 1.95 bits per heavy atom. The molecule has 0 amide bonds. The van der Waals surface area contributed by atoms with E-state index in [-0.39, 0.29) is 0 Å². The minimum absolute atomic E-state index is 0.314. The van der Waals surface area contributed by atoms with Crippen LogP contribution in [0.25, 0.3) is 11.1 Å². The van der Waals surface area contributed by atoms with Crippen LogP contribution in [0, 0.1) is 0 Å². The van der Waals surface area contributed by atoms with Gasteiger partial charge in [-0.1, -0.05) is 58.0 Å². The second-order valence-corrected chi connectivity index (χ2v) is 5.70. The van der Waals surface area contributed by atoms with Crippen LogP contribution in [0.1, 0.15) is 50.7 Å². The van der Waals surface area contributed by atoms with Crippen molar-refractivity contribution in [3.63, 3.8) is 0 Å². The third-order valence-electron chi connectivity index (χ3n) is 3.54. The third-order valence-corrected chi connectivity index (χ3v) is 3.54. The summed E-state index contributed by atoms with van der Waals surface area (Å²) in [7, 11) is 0. The molecule has 2 aromatic carbocycles. The Hall–Kier alpha value is -1.76. The first kappa shape index (κ1) is 13.7. The van der Waals surface area contributed by atoms with E-state index in [9.17, 15) is 5.11 Å². The van der Waals surface area contributed by atoms with Crippen molar-refractivity contribution in [1.82, 2.24) is 0 Å². The van der Waals surface area contributed by atoms with E-state index in [1.807, 2.05) is 12.1 Å². The number of phenolic OH excluding ortho intramolecular Hbond substituents is 1. The standard InChI is InChI=1S/C18H22O/c1-12(2)15-7-10-17(18(11-15)13(3)4)14-5-8-16(19)9-6-14/h5-13,19H,1-4H3. The molecule has 0 radical (unpaired) electrons. The van der Waals surface area contributed by atoms with Gasteiger partial charge in [0.15, 0.2) is 0 Å². The minimum atomic E-state index is 0.314. The molecule has 1 N–H and O–H groups in total.